The normalized spacial score (nSPS) is 11.1. The van der Waals surface area contributed by atoms with Gasteiger partial charge in [0.25, 0.3) is 0 Å². The standard InChI is InChI=1S/C16H13F3O3/c1-21-14-8-7-10(15(20)22-2)9-12(14)11-5-3-4-6-13(11)16(17,18)19/h3-9H,1-2H3. The lowest BCUT2D eigenvalue weighted by molar-refractivity contribution is -0.137. The third-order valence-corrected chi connectivity index (χ3v) is 3.14. The minimum absolute atomic E-state index is 0.0578. The molecule has 2 aromatic rings. The topological polar surface area (TPSA) is 35.5 Å². The Morgan fingerprint density at radius 2 is 1.68 bits per heavy atom. The van der Waals surface area contributed by atoms with Crippen LogP contribution in [-0.4, -0.2) is 20.2 Å². The zero-order valence-corrected chi connectivity index (χ0v) is 11.9. The second-order valence-corrected chi connectivity index (χ2v) is 4.45. The van der Waals surface area contributed by atoms with Gasteiger partial charge in [0.2, 0.25) is 0 Å². The second-order valence-electron chi connectivity index (χ2n) is 4.45. The van der Waals surface area contributed by atoms with Crippen molar-refractivity contribution in [1.29, 1.82) is 0 Å². The zero-order chi connectivity index (χ0) is 16.3. The van der Waals surface area contributed by atoms with Crippen molar-refractivity contribution in [3.8, 4) is 16.9 Å². The lowest BCUT2D eigenvalue weighted by Crippen LogP contribution is -2.08. The van der Waals surface area contributed by atoms with E-state index in [-0.39, 0.29) is 22.4 Å². The lowest BCUT2D eigenvalue weighted by atomic mass is 9.97. The van der Waals surface area contributed by atoms with Gasteiger partial charge >= 0.3 is 12.1 Å². The summed E-state index contributed by atoms with van der Waals surface area (Å²) in [5.41, 5.74) is -0.526. The summed E-state index contributed by atoms with van der Waals surface area (Å²) in [6.45, 7) is 0. The monoisotopic (exact) mass is 310 g/mol. The highest BCUT2D eigenvalue weighted by Gasteiger charge is 2.34. The van der Waals surface area contributed by atoms with Gasteiger partial charge in [0.05, 0.1) is 25.3 Å². The van der Waals surface area contributed by atoms with E-state index in [0.29, 0.717) is 0 Å². The van der Waals surface area contributed by atoms with Crippen molar-refractivity contribution in [2.45, 2.75) is 6.18 Å². The van der Waals surface area contributed by atoms with Crippen molar-refractivity contribution in [3.63, 3.8) is 0 Å². The highest BCUT2D eigenvalue weighted by molar-refractivity contribution is 5.92. The number of ether oxygens (including phenoxy) is 2. The van der Waals surface area contributed by atoms with Gasteiger partial charge < -0.3 is 9.47 Å². The Morgan fingerprint density at radius 3 is 2.27 bits per heavy atom. The molecule has 0 radical (unpaired) electrons. The number of halogens is 3. The SMILES string of the molecule is COC(=O)c1ccc(OC)c(-c2ccccc2C(F)(F)F)c1. The number of carbonyl (C=O) groups is 1. The Morgan fingerprint density at radius 1 is 1.00 bits per heavy atom. The number of carbonyl (C=O) groups excluding carboxylic acids is 1. The van der Waals surface area contributed by atoms with E-state index in [4.69, 9.17) is 4.74 Å². The molecule has 0 N–H and O–H groups in total. The number of benzene rings is 2. The van der Waals surface area contributed by atoms with Crippen LogP contribution in [0.3, 0.4) is 0 Å². The molecule has 0 saturated carbocycles. The van der Waals surface area contributed by atoms with Gasteiger partial charge in [-0.1, -0.05) is 18.2 Å². The van der Waals surface area contributed by atoms with Gasteiger partial charge in [-0.2, -0.15) is 13.2 Å². The molecule has 0 bridgehead atoms. The third-order valence-electron chi connectivity index (χ3n) is 3.14. The summed E-state index contributed by atoms with van der Waals surface area (Å²) in [7, 11) is 2.56. The molecule has 116 valence electrons. The summed E-state index contributed by atoms with van der Waals surface area (Å²) < 4.78 is 49.2. The molecule has 2 rings (SSSR count). The van der Waals surface area contributed by atoms with E-state index < -0.39 is 17.7 Å². The molecular weight excluding hydrogens is 297 g/mol. The van der Waals surface area contributed by atoms with Crippen molar-refractivity contribution in [2.75, 3.05) is 14.2 Å². The maximum atomic E-state index is 13.2. The molecule has 0 aliphatic carbocycles. The number of rotatable bonds is 3. The molecule has 22 heavy (non-hydrogen) atoms. The fourth-order valence-corrected chi connectivity index (χ4v) is 2.13. The van der Waals surface area contributed by atoms with Crippen molar-refractivity contribution < 1.29 is 27.4 Å². The Kier molecular flexibility index (Phi) is 4.40. The van der Waals surface area contributed by atoms with Gasteiger partial charge in [-0.25, -0.2) is 4.79 Å². The van der Waals surface area contributed by atoms with Crippen LogP contribution in [0.5, 0.6) is 5.75 Å². The predicted molar refractivity (Wildman–Crippen MR) is 74.8 cm³/mol. The predicted octanol–water partition coefficient (Wildman–Crippen LogP) is 4.17. The molecule has 6 heteroatoms. The summed E-state index contributed by atoms with van der Waals surface area (Å²) in [4.78, 5) is 11.6. The van der Waals surface area contributed by atoms with Gasteiger partial charge in [-0.05, 0) is 29.8 Å². The van der Waals surface area contributed by atoms with E-state index >= 15 is 0 Å². The Labute approximate surface area is 125 Å². The smallest absolute Gasteiger partial charge is 0.417 e. The maximum absolute atomic E-state index is 13.2. The molecule has 3 nitrogen and oxygen atoms in total. The van der Waals surface area contributed by atoms with E-state index in [1.165, 1.54) is 50.6 Å². The number of hydrogen-bond donors (Lipinski definition) is 0. The van der Waals surface area contributed by atoms with Crippen LogP contribution in [0.4, 0.5) is 13.2 Å². The van der Waals surface area contributed by atoms with Gasteiger partial charge in [-0.3, -0.25) is 0 Å². The Balaban J connectivity index is 2.68. The molecule has 0 saturated heterocycles. The van der Waals surface area contributed by atoms with Gasteiger partial charge in [0.15, 0.2) is 0 Å². The van der Waals surface area contributed by atoms with Gasteiger partial charge in [0, 0.05) is 5.56 Å². The molecule has 0 aliphatic rings. The van der Waals surface area contributed by atoms with Crippen molar-refractivity contribution in [3.05, 3.63) is 53.6 Å². The van der Waals surface area contributed by atoms with E-state index in [0.717, 1.165) is 6.07 Å². The minimum atomic E-state index is -4.51. The first-order valence-electron chi connectivity index (χ1n) is 6.31. The van der Waals surface area contributed by atoms with Crippen LogP contribution in [0.2, 0.25) is 0 Å². The number of methoxy groups -OCH3 is 2. The molecule has 0 spiro atoms. The van der Waals surface area contributed by atoms with Crippen molar-refractivity contribution in [1.82, 2.24) is 0 Å². The van der Waals surface area contributed by atoms with Crippen LogP contribution in [0.1, 0.15) is 15.9 Å². The molecule has 0 aliphatic heterocycles. The Hall–Kier alpha value is -2.50. The fourth-order valence-electron chi connectivity index (χ4n) is 2.13. The lowest BCUT2D eigenvalue weighted by Gasteiger charge is -2.16. The molecule has 0 heterocycles. The van der Waals surface area contributed by atoms with E-state index in [1.54, 1.807) is 0 Å². The summed E-state index contributed by atoms with van der Waals surface area (Å²) in [5.74, 6) is -0.391. The molecule has 0 unspecified atom stereocenters. The van der Waals surface area contributed by atoms with Crippen molar-refractivity contribution in [2.24, 2.45) is 0 Å². The Bertz CT molecular complexity index is 693. The average molecular weight is 310 g/mol. The van der Waals surface area contributed by atoms with Gasteiger partial charge in [-0.15, -0.1) is 0 Å². The summed E-state index contributed by atoms with van der Waals surface area (Å²) in [6.07, 6.45) is -4.51. The second kappa shape index (κ2) is 6.09. The summed E-state index contributed by atoms with van der Waals surface area (Å²) in [6, 6.07) is 9.33. The first-order valence-corrected chi connectivity index (χ1v) is 6.31. The molecule has 0 fully saturated rings. The number of hydrogen-bond acceptors (Lipinski definition) is 3. The average Bonchev–Trinajstić information content (AvgIpc) is 2.52. The van der Waals surface area contributed by atoms with Crippen molar-refractivity contribution >= 4 is 5.97 Å². The van der Waals surface area contributed by atoms with Crippen LogP contribution >= 0.6 is 0 Å². The third kappa shape index (κ3) is 3.05. The van der Waals surface area contributed by atoms with Crippen LogP contribution in [-0.2, 0) is 10.9 Å². The molecule has 0 amide bonds. The molecule has 0 aromatic heterocycles. The zero-order valence-electron chi connectivity index (χ0n) is 11.9. The highest BCUT2D eigenvalue weighted by Crippen LogP contribution is 2.40. The van der Waals surface area contributed by atoms with Crippen LogP contribution in [0.15, 0.2) is 42.5 Å². The van der Waals surface area contributed by atoms with Crippen LogP contribution in [0, 0.1) is 0 Å². The fraction of sp³-hybridized carbons (Fsp3) is 0.188. The number of alkyl halides is 3. The van der Waals surface area contributed by atoms with E-state index in [9.17, 15) is 18.0 Å². The van der Waals surface area contributed by atoms with E-state index in [2.05, 4.69) is 4.74 Å². The molecular formula is C16H13F3O3. The molecule has 0 atom stereocenters. The van der Waals surface area contributed by atoms with Crippen LogP contribution < -0.4 is 4.74 Å². The van der Waals surface area contributed by atoms with Crippen LogP contribution in [0.25, 0.3) is 11.1 Å². The largest absolute Gasteiger partial charge is 0.496 e. The minimum Gasteiger partial charge on any atom is -0.496 e. The molecule has 2 aromatic carbocycles. The summed E-state index contributed by atoms with van der Waals surface area (Å²) in [5, 5.41) is 0. The summed E-state index contributed by atoms with van der Waals surface area (Å²) >= 11 is 0. The first kappa shape index (κ1) is 15.9. The highest BCUT2D eigenvalue weighted by atomic mass is 19.4. The number of esters is 1. The quantitative estimate of drug-likeness (QED) is 0.798. The first-order chi connectivity index (χ1) is 10.4. The maximum Gasteiger partial charge on any atom is 0.417 e. The van der Waals surface area contributed by atoms with Gasteiger partial charge in [0.1, 0.15) is 5.75 Å². The van der Waals surface area contributed by atoms with E-state index in [1.807, 2.05) is 0 Å².